The van der Waals surface area contributed by atoms with Crippen LogP contribution in [0, 0.1) is 5.82 Å². The second kappa shape index (κ2) is 5.28. The maximum Gasteiger partial charge on any atom is 0.261 e. The van der Waals surface area contributed by atoms with E-state index >= 15 is 0 Å². The van der Waals surface area contributed by atoms with Crippen molar-refractivity contribution in [3.8, 4) is 0 Å². The van der Waals surface area contributed by atoms with Gasteiger partial charge in [0.25, 0.3) is 10.0 Å². The molecule has 0 atom stereocenters. The number of hydrogen-bond acceptors (Lipinski definition) is 3. The molecule has 2 aromatic rings. The molecule has 0 aliphatic carbocycles. The smallest absolute Gasteiger partial charge is 0.261 e. The van der Waals surface area contributed by atoms with Crippen molar-refractivity contribution in [3.05, 3.63) is 47.1 Å². The number of rotatable bonds is 4. The van der Waals surface area contributed by atoms with E-state index < -0.39 is 15.8 Å². The Morgan fingerprint density at radius 3 is 2.68 bits per heavy atom. The fraction of sp³-hybridized carbons (Fsp3) is 0.182. The van der Waals surface area contributed by atoms with Gasteiger partial charge in [-0.1, -0.05) is 29.8 Å². The van der Waals surface area contributed by atoms with Crippen LogP contribution in [-0.4, -0.2) is 18.0 Å². The predicted molar refractivity (Wildman–Crippen MR) is 68.6 cm³/mol. The molecule has 5 nitrogen and oxygen atoms in total. The van der Waals surface area contributed by atoms with Crippen LogP contribution < -0.4 is 4.72 Å². The zero-order chi connectivity index (χ0) is 14.0. The molecule has 2 rings (SSSR count). The largest absolute Gasteiger partial charge is 0.324 e. The van der Waals surface area contributed by atoms with Gasteiger partial charge < -0.3 is 4.57 Å². The molecule has 0 aliphatic heterocycles. The van der Waals surface area contributed by atoms with Crippen molar-refractivity contribution in [2.45, 2.75) is 11.6 Å². The minimum Gasteiger partial charge on any atom is -0.324 e. The third-order valence-corrected chi connectivity index (χ3v) is 4.39. The van der Waals surface area contributed by atoms with E-state index in [0.717, 1.165) is 0 Å². The minimum absolute atomic E-state index is 0.000957. The molecule has 0 unspecified atom stereocenters. The lowest BCUT2D eigenvalue weighted by atomic mass is 10.2. The van der Waals surface area contributed by atoms with E-state index in [4.69, 9.17) is 11.6 Å². The summed E-state index contributed by atoms with van der Waals surface area (Å²) in [6, 6.07) is 5.92. The molecule has 8 heteroatoms. The summed E-state index contributed by atoms with van der Waals surface area (Å²) in [6.07, 6.45) is 1.29. The van der Waals surface area contributed by atoms with Crippen LogP contribution >= 0.6 is 11.6 Å². The van der Waals surface area contributed by atoms with Crippen molar-refractivity contribution in [1.82, 2.24) is 14.3 Å². The van der Waals surface area contributed by atoms with Crippen molar-refractivity contribution < 1.29 is 12.8 Å². The van der Waals surface area contributed by atoms with Gasteiger partial charge >= 0.3 is 0 Å². The number of aryl methyl sites for hydroxylation is 1. The Balaban J connectivity index is 2.19. The summed E-state index contributed by atoms with van der Waals surface area (Å²) < 4.78 is 40.9. The van der Waals surface area contributed by atoms with E-state index in [-0.39, 0.29) is 22.3 Å². The number of aromatic nitrogens is 2. The first kappa shape index (κ1) is 14.0. The minimum atomic E-state index is -3.87. The van der Waals surface area contributed by atoms with E-state index in [2.05, 4.69) is 9.71 Å². The van der Waals surface area contributed by atoms with Gasteiger partial charge in [-0.15, -0.1) is 0 Å². The first-order valence-corrected chi connectivity index (χ1v) is 7.18. The molecule has 1 heterocycles. The normalized spacial score (nSPS) is 11.7. The first-order chi connectivity index (χ1) is 8.92. The molecule has 0 fully saturated rings. The highest BCUT2D eigenvalue weighted by Crippen LogP contribution is 2.18. The molecule has 0 saturated carbocycles. The van der Waals surface area contributed by atoms with Crippen molar-refractivity contribution in [1.29, 1.82) is 0 Å². The molecule has 1 aromatic heterocycles. The summed E-state index contributed by atoms with van der Waals surface area (Å²) in [5.74, 6) is -0.475. The number of benzene rings is 1. The molecular formula is C11H11ClFN3O2S. The lowest BCUT2D eigenvalue weighted by Crippen LogP contribution is -2.24. The number of nitrogens with one attached hydrogen (secondary N) is 1. The fourth-order valence-electron chi connectivity index (χ4n) is 1.46. The Bertz CT molecular complexity index is 700. The Morgan fingerprint density at radius 1 is 1.42 bits per heavy atom. The van der Waals surface area contributed by atoms with Crippen LogP contribution in [0.25, 0.3) is 0 Å². The second-order valence-corrected chi connectivity index (χ2v) is 5.91. The monoisotopic (exact) mass is 303 g/mol. The van der Waals surface area contributed by atoms with Crippen molar-refractivity contribution >= 4 is 21.6 Å². The predicted octanol–water partition coefficient (Wildman–Crippen LogP) is 1.69. The van der Waals surface area contributed by atoms with Crippen molar-refractivity contribution in [2.75, 3.05) is 0 Å². The van der Waals surface area contributed by atoms with Gasteiger partial charge in [0.1, 0.15) is 11.0 Å². The Hall–Kier alpha value is -1.44. The third kappa shape index (κ3) is 2.94. The highest BCUT2D eigenvalue weighted by atomic mass is 35.5. The second-order valence-electron chi connectivity index (χ2n) is 3.87. The molecule has 0 aliphatic rings. The van der Waals surface area contributed by atoms with Crippen LogP contribution in [0.15, 0.2) is 35.6 Å². The van der Waals surface area contributed by atoms with Gasteiger partial charge in [0.2, 0.25) is 5.03 Å². The van der Waals surface area contributed by atoms with Crippen LogP contribution in [0.1, 0.15) is 5.56 Å². The standard InChI is InChI=1S/C11H11ClFN3O2S/c1-16-7-14-11(10(16)12)19(17,18)15-6-8-4-2-3-5-9(8)13/h2-5,7,15H,6H2,1H3. The molecule has 1 aromatic carbocycles. The molecule has 1 N–H and O–H groups in total. The van der Waals surface area contributed by atoms with Gasteiger partial charge in [-0.25, -0.2) is 22.5 Å². The van der Waals surface area contributed by atoms with Gasteiger partial charge in [0.05, 0.1) is 6.33 Å². The average Bonchev–Trinajstić information content (AvgIpc) is 2.70. The highest BCUT2D eigenvalue weighted by Gasteiger charge is 2.22. The van der Waals surface area contributed by atoms with Gasteiger partial charge in [0.15, 0.2) is 0 Å². The SMILES string of the molecule is Cn1cnc(S(=O)(=O)NCc2ccccc2F)c1Cl. The van der Waals surface area contributed by atoms with Crippen molar-refractivity contribution in [2.24, 2.45) is 7.05 Å². The van der Waals surface area contributed by atoms with E-state index in [9.17, 15) is 12.8 Å². The summed E-state index contributed by atoms with van der Waals surface area (Å²) in [4.78, 5) is 3.71. The molecule has 102 valence electrons. The summed E-state index contributed by atoms with van der Waals surface area (Å²) in [5, 5.41) is -0.269. The van der Waals surface area contributed by atoms with Gasteiger partial charge in [-0.05, 0) is 6.07 Å². The van der Waals surface area contributed by atoms with E-state index in [1.165, 1.54) is 29.1 Å². The Kier molecular flexibility index (Phi) is 3.88. The van der Waals surface area contributed by atoms with Gasteiger partial charge in [-0.3, -0.25) is 0 Å². The van der Waals surface area contributed by atoms with Crippen LogP contribution in [0.4, 0.5) is 4.39 Å². The molecule has 0 amide bonds. The zero-order valence-electron chi connectivity index (χ0n) is 9.97. The average molecular weight is 304 g/mol. The van der Waals surface area contributed by atoms with Gasteiger partial charge in [0, 0.05) is 19.2 Å². The number of hydrogen-bond donors (Lipinski definition) is 1. The lowest BCUT2D eigenvalue weighted by molar-refractivity contribution is 0.571. The molecule has 0 bridgehead atoms. The summed E-state index contributed by atoms with van der Waals surface area (Å²) in [7, 11) is -2.29. The molecule has 0 saturated heterocycles. The highest BCUT2D eigenvalue weighted by molar-refractivity contribution is 7.89. The summed E-state index contributed by atoms with van der Waals surface area (Å²) in [6.45, 7) is -0.165. The summed E-state index contributed by atoms with van der Waals surface area (Å²) in [5.41, 5.74) is 0.248. The number of sulfonamides is 1. The Morgan fingerprint density at radius 2 is 2.11 bits per heavy atom. The number of imidazole rings is 1. The molecule has 19 heavy (non-hydrogen) atoms. The third-order valence-electron chi connectivity index (χ3n) is 2.50. The lowest BCUT2D eigenvalue weighted by Gasteiger charge is -2.06. The van der Waals surface area contributed by atoms with Crippen LogP contribution in [0.2, 0.25) is 5.15 Å². The number of halogens is 2. The zero-order valence-corrected chi connectivity index (χ0v) is 11.5. The quantitative estimate of drug-likeness (QED) is 0.935. The topological polar surface area (TPSA) is 64.0 Å². The fourth-order valence-corrected chi connectivity index (χ4v) is 2.89. The maximum atomic E-state index is 13.4. The Labute approximate surface area is 115 Å². The summed E-state index contributed by atoms with van der Waals surface area (Å²) >= 11 is 5.81. The van der Waals surface area contributed by atoms with E-state index in [1.807, 2.05) is 0 Å². The molecule has 0 radical (unpaired) electrons. The van der Waals surface area contributed by atoms with Gasteiger partial charge in [-0.2, -0.15) is 0 Å². The molecular weight excluding hydrogens is 293 g/mol. The van der Waals surface area contributed by atoms with Crippen LogP contribution in [-0.2, 0) is 23.6 Å². The van der Waals surface area contributed by atoms with E-state index in [1.54, 1.807) is 13.1 Å². The van der Waals surface area contributed by atoms with Crippen LogP contribution in [0.5, 0.6) is 0 Å². The van der Waals surface area contributed by atoms with E-state index in [0.29, 0.717) is 0 Å². The van der Waals surface area contributed by atoms with Crippen molar-refractivity contribution in [3.63, 3.8) is 0 Å². The maximum absolute atomic E-state index is 13.4. The number of nitrogens with zero attached hydrogens (tertiary/aromatic N) is 2. The molecule has 0 spiro atoms. The first-order valence-electron chi connectivity index (χ1n) is 5.31. The van der Waals surface area contributed by atoms with Crippen LogP contribution in [0.3, 0.4) is 0 Å².